The molecule has 0 amide bonds. The number of furan rings is 1. The quantitative estimate of drug-likeness (QED) is 0.389. The summed E-state index contributed by atoms with van der Waals surface area (Å²) in [6.45, 7) is 10.0. The molecular formula is C31H49NO3. The maximum atomic E-state index is 6.70. The van der Waals surface area contributed by atoms with Crippen LogP contribution >= 0.6 is 0 Å². The van der Waals surface area contributed by atoms with Gasteiger partial charge in [0.15, 0.2) is 0 Å². The molecule has 0 radical (unpaired) electrons. The number of likely N-dealkylation sites (tertiary alicyclic amines) is 1. The topological polar surface area (TPSA) is 34.8 Å². The van der Waals surface area contributed by atoms with Gasteiger partial charge in [0.2, 0.25) is 0 Å². The fourth-order valence-electron chi connectivity index (χ4n) is 10.3. The van der Waals surface area contributed by atoms with Crippen LogP contribution in [0.2, 0.25) is 0 Å². The number of hydrogen-bond donors (Lipinski definition) is 0. The van der Waals surface area contributed by atoms with Gasteiger partial charge in [0.1, 0.15) is 0 Å². The van der Waals surface area contributed by atoms with Crippen molar-refractivity contribution in [3.63, 3.8) is 0 Å². The maximum absolute atomic E-state index is 6.70. The zero-order valence-electron chi connectivity index (χ0n) is 22.6. The van der Waals surface area contributed by atoms with Gasteiger partial charge in [0, 0.05) is 25.7 Å². The lowest BCUT2D eigenvalue weighted by Crippen LogP contribution is -2.62. The van der Waals surface area contributed by atoms with Crippen LogP contribution in [-0.4, -0.2) is 50.0 Å². The van der Waals surface area contributed by atoms with Crippen molar-refractivity contribution in [1.82, 2.24) is 4.90 Å². The smallest absolute Gasteiger partial charge is 0.0937 e. The molecule has 5 aliphatic rings. The second-order valence-electron chi connectivity index (χ2n) is 13.4. The largest absolute Gasteiger partial charge is 0.472 e. The number of rotatable bonds is 7. The van der Waals surface area contributed by atoms with E-state index in [1.807, 2.05) is 19.6 Å². The van der Waals surface area contributed by atoms with E-state index >= 15 is 0 Å². The first-order valence-electron chi connectivity index (χ1n) is 14.9. The first-order chi connectivity index (χ1) is 17.0. The minimum Gasteiger partial charge on any atom is -0.472 e. The zero-order valence-corrected chi connectivity index (χ0v) is 22.6. The molecule has 0 aromatic carbocycles. The number of fused-ring (bicyclic) bond motifs is 5. The van der Waals surface area contributed by atoms with E-state index in [9.17, 15) is 0 Å². The Bertz CT molecular complexity index is 849. The van der Waals surface area contributed by atoms with E-state index in [0.717, 1.165) is 18.4 Å². The molecule has 4 aliphatic carbocycles. The van der Waals surface area contributed by atoms with Crippen molar-refractivity contribution in [2.45, 2.75) is 109 Å². The Kier molecular flexibility index (Phi) is 6.63. The monoisotopic (exact) mass is 483 g/mol. The van der Waals surface area contributed by atoms with Crippen LogP contribution in [0.15, 0.2) is 23.0 Å². The van der Waals surface area contributed by atoms with Crippen molar-refractivity contribution in [3.8, 4) is 0 Å². The highest BCUT2D eigenvalue weighted by atomic mass is 16.5. The van der Waals surface area contributed by atoms with Gasteiger partial charge in [-0.05, 0) is 131 Å². The van der Waals surface area contributed by atoms with Gasteiger partial charge in [-0.15, -0.1) is 0 Å². The number of methoxy groups -OCH3 is 1. The summed E-state index contributed by atoms with van der Waals surface area (Å²) in [6, 6.07) is 2.21. The SMILES string of the molecule is CO[C@@]12CCC(c3ccoc3)[C@@]1(C)CC[C@@H]1[C@H]2CCC2CC(OCCCN3CCCC3)CC[C@@]21C. The fourth-order valence-corrected chi connectivity index (χ4v) is 10.3. The van der Waals surface area contributed by atoms with Crippen molar-refractivity contribution < 1.29 is 13.9 Å². The van der Waals surface area contributed by atoms with E-state index in [2.05, 4.69) is 24.8 Å². The molecule has 1 aliphatic heterocycles. The Balaban J connectivity index is 1.12. The molecule has 4 saturated carbocycles. The normalized spacial score (nSPS) is 45.7. The Morgan fingerprint density at radius 3 is 2.63 bits per heavy atom. The highest BCUT2D eigenvalue weighted by Gasteiger charge is 2.68. The predicted molar refractivity (Wildman–Crippen MR) is 139 cm³/mol. The molecule has 1 aromatic rings. The summed E-state index contributed by atoms with van der Waals surface area (Å²) in [5, 5.41) is 0. The lowest BCUT2D eigenvalue weighted by molar-refractivity contribution is -0.220. The molecule has 196 valence electrons. The van der Waals surface area contributed by atoms with Crippen LogP contribution in [-0.2, 0) is 9.47 Å². The lowest BCUT2D eigenvalue weighted by Gasteiger charge is -2.64. The Morgan fingerprint density at radius 2 is 1.86 bits per heavy atom. The number of nitrogens with zero attached hydrogens (tertiary/aromatic N) is 1. The van der Waals surface area contributed by atoms with Crippen molar-refractivity contribution in [2.24, 2.45) is 28.6 Å². The average Bonchev–Trinajstić information content (AvgIpc) is 3.62. The third-order valence-corrected chi connectivity index (χ3v) is 12.2. The molecule has 4 heteroatoms. The van der Waals surface area contributed by atoms with E-state index in [1.165, 1.54) is 102 Å². The van der Waals surface area contributed by atoms with Crippen molar-refractivity contribution in [1.29, 1.82) is 0 Å². The third-order valence-electron chi connectivity index (χ3n) is 12.2. The van der Waals surface area contributed by atoms with Crippen molar-refractivity contribution >= 4 is 0 Å². The van der Waals surface area contributed by atoms with E-state index in [-0.39, 0.29) is 11.0 Å². The first kappa shape index (κ1) is 24.5. The predicted octanol–water partition coefficient (Wildman–Crippen LogP) is 7.05. The molecule has 6 rings (SSSR count). The van der Waals surface area contributed by atoms with Crippen molar-refractivity contribution in [2.75, 3.05) is 33.4 Å². The van der Waals surface area contributed by atoms with Crippen molar-refractivity contribution in [3.05, 3.63) is 24.2 Å². The molecule has 1 saturated heterocycles. The van der Waals surface area contributed by atoms with Gasteiger partial charge in [-0.25, -0.2) is 0 Å². The molecule has 0 spiro atoms. The molecule has 8 atom stereocenters. The van der Waals surface area contributed by atoms with E-state index in [0.29, 0.717) is 23.4 Å². The molecule has 35 heavy (non-hydrogen) atoms. The van der Waals surface area contributed by atoms with Gasteiger partial charge < -0.3 is 18.8 Å². The Morgan fingerprint density at radius 1 is 1.00 bits per heavy atom. The highest BCUT2D eigenvalue weighted by Crippen LogP contribution is 2.71. The minimum atomic E-state index is 0.0226. The summed E-state index contributed by atoms with van der Waals surface area (Å²) in [6.07, 6.45) is 20.0. The van der Waals surface area contributed by atoms with Crippen LogP contribution in [0.25, 0.3) is 0 Å². The second kappa shape index (κ2) is 9.48. The van der Waals surface area contributed by atoms with E-state index < -0.39 is 0 Å². The minimum absolute atomic E-state index is 0.0226. The summed E-state index contributed by atoms with van der Waals surface area (Å²) in [5.41, 5.74) is 2.09. The van der Waals surface area contributed by atoms with Crippen LogP contribution in [0.3, 0.4) is 0 Å². The molecule has 1 aromatic heterocycles. The lowest BCUT2D eigenvalue weighted by atomic mass is 9.43. The molecular weight excluding hydrogens is 434 g/mol. The molecule has 5 fully saturated rings. The van der Waals surface area contributed by atoms with E-state index in [1.54, 1.807) is 0 Å². The summed E-state index contributed by atoms with van der Waals surface area (Å²) >= 11 is 0. The number of hydrogen-bond acceptors (Lipinski definition) is 4. The van der Waals surface area contributed by atoms with Gasteiger partial charge in [-0.2, -0.15) is 0 Å². The second-order valence-corrected chi connectivity index (χ2v) is 13.4. The van der Waals surface area contributed by atoms with Crippen LogP contribution in [0, 0.1) is 28.6 Å². The summed E-state index contributed by atoms with van der Waals surface area (Å²) in [7, 11) is 2.03. The van der Waals surface area contributed by atoms with Crippen LogP contribution in [0.4, 0.5) is 0 Å². The van der Waals surface area contributed by atoms with Gasteiger partial charge in [-0.3, -0.25) is 0 Å². The summed E-state index contributed by atoms with van der Waals surface area (Å²) in [4.78, 5) is 2.62. The maximum Gasteiger partial charge on any atom is 0.0937 e. The van der Waals surface area contributed by atoms with Crippen LogP contribution in [0.1, 0.15) is 102 Å². The Labute approximate surface area is 213 Å². The summed E-state index contributed by atoms with van der Waals surface area (Å²) in [5.74, 6) is 2.89. The zero-order chi connectivity index (χ0) is 24.1. The molecule has 4 nitrogen and oxygen atoms in total. The van der Waals surface area contributed by atoms with Gasteiger partial charge in [-0.1, -0.05) is 13.8 Å². The highest BCUT2D eigenvalue weighted by molar-refractivity contribution is 5.27. The molecule has 0 N–H and O–H groups in total. The van der Waals surface area contributed by atoms with Crippen LogP contribution < -0.4 is 0 Å². The standard InChI is InChI=1S/C31H49NO3/c1-29-13-9-25(35-19-6-18-32-16-4-5-17-32)21-24(29)7-8-28-27(29)10-14-30(2)26(23-12-20-34-22-23)11-15-31(28,30)33-3/h12,20,22,24-28H,4-11,13-19,21H2,1-3H3/t24?,25?,26?,27-,28-,29+,30-,31-/m1/s1. The summed E-state index contributed by atoms with van der Waals surface area (Å²) < 4.78 is 18.7. The molecule has 3 unspecified atom stereocenters. The van der Waals surface area contributed by atoms with Crippen LogP contribution in [0.5, 0.6) is 0 Å². The number of ether oxygens (including phenoxy) is 2. The van der Waals surface area contributed by atoms with Gasteiger partial charge in [0.05, 0.1) is 24.2 Å². The fraction of sp³-hybridized carbons (Fsp3) is 0.871. The first-order valence-corrected chi connectivity index (χ1v) is 14.9. The average molecular weight is 484 g/mol. The van der Waals surface area contributed by atoms with E-state index in [4.69, 9.17) is 13.9 Å². The molecule has 0 bridgehead atoms. The van der Waals surface area contributed by atoms with Gasteiger partial charge in [0.25, 0.3) is 0 Å². The Hall–Kier alpha value is -0.840. The molecule has 2 heterocycles. The van der Waals surface area contributed by atoms with Gasteiger partial charge >= 0.3 is 0 Å². The third kappa shape index (κ3) is 3.87.